The van der Waals surface area contributed by atoms with E-state index in [0.717, 1.165) is 50.9 Å². The smallest absolute Gasteiger partial charge is 0.317 e. The molecule has 2 fully saturated rings. The fraction of sp³-hybridized carbons (Fsp3) is 0.579. The molecule has 0 bridgehead atoms. The highest BCUT2D eigenvalue weighted by molar-refractivity contribution is 5.91. The van der Waals surface area contributed by atoms with E-state index < -0.39 is 5.97 Å². The van der Waals surface area contributed by atoms with Crippen molar-refractivity contribution in [2.75, 3.05) is 26.2 Å². The summed E-state index contributed by atoms with van der Waals surface area (Å²) < 4.78 is 0. The van der Waals surface area contributed by atoms with Crippen LogP contribution in [0.25, 0.3) is 0 Å². The average molecular weight is 330 g/mol. The molecular formula is C19H26N2O3. The van der Waals surface area contributed by atoms with Crippen molar-refractivity contribution in [2.24, 2.45) is 0 Å². The van der Waals surface area contributed by atoms with Crippen molar-refractivity contribution in [3.8, 4) is 0 Å². The van der Waals surface area contributed by atoms with Crippen LogP contribution in [0.1, 0.15) is 38.2 Å². The van der Waals surface area contributed by atoms with Crippen molar-refractivity contribution >= 4 is 11.9 Å². The molecule has 0 spiro atoms. The number of nitrogens with zero attached hydrogens (tertiary/aromatic N) is 2. The highest BCUT2D eigenvalue weighted by Crippen LogP contribution is 2.49. The zero-order valence-corrected chi connectivity index (χ0v) is 14.3. The Bertz CT molecular complexity index is 590. The van der Waals surface area contributed by atoms with Crippen LogP contribution < -0.4 is 0 Å². The van der Waals surface area contributed by atoms with E-state index in [4.69, 9.17) is 5.11 Å². The summed E-state index contributed by atoms with van der Waals surface area (Å²) in [5, 5.41) is 9.02. The topological polar surface area (TPSA) is 60.9 Å². The number of hydrogen-bond acceptors (Lipinski definition) is 3. The number of benzene rings is 1. The molecule has 0 aromatic heterocycles. The van der Waals surface area contributed by atoms with Gasteiger partial charge in [0.25, 0.3) is 0 Å². The molecular weight excluding hydrogens is 304 g/mol. The number of carbonyl (C=O) groups is 2. The third kappa shape index (κ3) is 3.31. The van der Waals surface area contributed by atoms with Crippen molar-refractivity contribution < 1.29 is 14.7 Å². The molecule has 3 rings (SSSR count). The van der Waals surface area contributed by atoms with Gasteiger partial charge in [0.1, 0.15) is 0 Å². The van der Waals surface area contributed by atoms with Gasteiger partial charge in [0.2, 0.25) is 5.91 Å². The molecule has 1 heterocycles. The van der Waals surface area contributed by atoms with Gasteiger partial charge in [-0.15, -0.1) is 0 Å². The van der Waals surface area contributed by atoms with Gasteiger partial charge in [-0.2, -0.15) is 0 Å². The summed E-state index contributed by atoms with van der Waals surface area (Å²) in [5.41, 5.74) is 0.845. The van der Waals surface area contributed by atoms with Crippen LogP contribution >= 0.6 is 0 Å². The second-order valence-electron chi connectivity index (χ2n) is 6.93. The Morgan fingerprint density at radius 3 is 2.33 bits per heavy atom. The minimum atomic E-state index is -0.781. The first-order valence-electron chi connectivity index (χ1n) is 8.87. The van der Waals surface area contributed by atoms with Crippen molar-refractivity contribution in [3.05, 3.63) is 35.9 Å². The second-order valence-corrected chi connectivity index (χ2v) is 6.93. The van der Waals surface area contributed by atoms with Gasteiger partial charge >= 0.3 is 5.97 Å². The Hall–Kier alpha value is -1.88. The third-order valence-corrected chi connectivity index (χ3v) is 5.50. The molecule has 2 aliphatic rings. The molecule has 1 aromatic rings. The summed E-state index contributed by atoms with van der Waals surface area (Å²) in [5.74, 6) is -0.523. The molecule has 1 aromatic carbocycles. The summed E-state index contributed by atoms with van der Waals surface area (Å²) in [7, 11) is 0. The van der Waals surface area contributed by atoms with Crippen LogP contribution in [0, 0.1) is 0 Å². The van der Waals surface area contributed by atoms with Crippen LogP contribution in [0.5, 0.6) is 0 Å². The van der Waals surface area contributed by atoms with Gasteiger partial charge < -0.3 is 10.0 Å². The number of carboxylic acids is 1. The predicted octanol–water partition coefficient (Wildman–Crippen LogP) is 2.12. The largest absolute Gasteiger partial charge is 0.480 e. The molecule has 0 radical (unpaired) electrons. The van der Waals surface area contributed by atoms with E-state index in [9.17, 15) is 9.59 Å². The van der Waals surface area contributed by atoms with Crippen molar-refractivity contribution in [1.82, 2.24) is 9.80 Å². The van der Waals surface area contributed by atoms with Crippen molar-refractivity contribution in [1.29, 1.82) is 0 Å². The van der Waals surface area contributed by atoms with E-state index in [1.165, 1.54) is 0 Å². The number of rotatable bonds is 6. The number of likely N-dealkylation sites (tertiary alicyclic amines) is 1. The van der Waals surface area contributed by atoms with Crippen LogP contribution in [-0.4, -0.2) is 59.0 Å². The molecule has 0 unspecified atom stereocenters. The minimum absolute atomic E-state index is 0.0864. The van der Waals surface area contributed by atoms with Crippen molar-refractivity contribution in [3.63, 3.8) is 0 Å². The van der Waals surface area contributed by atoms with E-state index in [0.29, 0.717) is 0 Å². The first-order valence-corrected chi connectivity index (χ1v) is 8.87. The second kappa shape index (κ2) is 6.93. The SMILES string of the molecule is CCN(CC(=O)O)C1CCN(C(=O)C2(c3ccccc3)CC2)CC1. The summed E-state index contributed by atoms with van der Waals surface area (Å²) in [6.07, 6.45) is 3.60. The van der Waals surface area contributed by atoms with E-state index >= 15 is 0 Å². The molecule has 1 aliphatic carbocycles. The number of carbonyl (C=O) groups excluding carboxylic acids is 1. The number of aliphatic carboxylic acids is 1. The third-order valence-electron chi connectivity index (χ3n) is 5.50. The highest BCUT2D eigenvalue weighted by Gasteiger charge is 2.53. The van der Waals surface area contributed by atoms with Crippen LogP contribution in [-0.2, 0) is 15.0 Å². The van der Waals surface area contributed by atoms with Gasteiger partial charge in [-0.3, -0.25) is 14.5 Å². The van der Waals surface area contributed by atoms with Gasteiger partial charge in [-0.25, -0.2) is 0 Å². The Labute approximate surface area is 143 Å². The molecule has 1 saturated heterocycles. The number of hydrogen-bond donors (Lipinski definition) is 1. The maximum absolute atomic E-state index is 13.0. The van der Waals surface area contributed by atoms with Gasteiger partial charge in [0.05, 0.1) is 12.0 Å². The van der Waals surface area contributed by atoms with Crippen LogP contribution in [0.3, 0.4) is 0 Å². The maximum Gasteiger partial charge on any atom is 0.317 e. The monoisotopic (exact) mass is 330 g/mol. The van der Waals surface area contributed by atoms with Gasteiger partial charge in [0.15, 0.2) is 0 Å². The molecule has 1 saturated carbocycles. The lowest BCUT2D eigenvalue weighted by atomic mass is 9.92. The van der Waals surface area contributed by atoms with E-state index in [1.54, 1.807) is 0 Å². The number of amides is 1. The van der Waals surface area contributed by atoms with E-state index in [-0.39, 0.29) is 23.9 Å². The van der Waals surface area contributed by atoms with Gasteiger partial charge in [-0.05, 0) is 37.8 Å². The lowest BCUT2D eigenvalue weighted by Crippen LogP contribution is -2.50. The quantitative estimate of drug-likeness (QED) is 0.868. The standard InChI is InChI=1S/C19H26N2O3/c1-2-20(14-17(22)23)16-8-12-21(13-9-16)18(24)19(10-11-19)15-6-4-3-5-7-15/h3-7,16H,2,8-14H2,1H3,(H,22,23). The molecule has 24 heavy (non-hydrogen) atoms. The fourth-order valence-corrected chi connectivity index (χ4v) is 3.92. The normalized spacial score (nSPS) is 20.2. The van der Waals surface area contributed by atoms with Gasteiger partial charge in [-0.1, -0.05) is 37.3 Å². The molecule has 0 atom stereocenters. The average Bonchev–Trinajstić information content (AvgIpc) is 3.42. The number of carboxylic acid groups (broad SMARTS) is 1. The van der Waals surface area contributed by atoms with Crippen LogP contribution in [0.2, 0.25) is 0 Å². The lowest BCUT2D eigenvalue weighted by molar-refractivity contribution is -0.140. The Balaban J connectivity index is 1.61. The molecule has 5 heteroatoms. The number of likely N-dealkylation sites (N-methyl/N-ethyl adjacent to an activating group) is 1. The minimum Gasteiger partial charge on any atom is -0.480 e. The molecule has 1 N–H and O–H groups in total. The Morgan fingerprint density at radius 2 is 1.83 bits per heavy atom. The van der Waals surface area contributed by atoms with Gasteiger partial charge in [0, 0.05) is 19.1 Å². The lowest BCUT2D eigenvalue weighted by Gasteiger charge is -2.38. The predicted molar refractivity (Wildman–Crippen MR) is 91.8 cm³/mol. The highest BCUT2D eigenvalue weighted by atomic mass is 16.4. The Morgan fingerprint density at radius 1 is 1.21 bits per heavy atom. The summed E-state index contributed by atoms with van der Waals surface area (Å²) in [6, 6.07) is 10.4. The molecule has 130 valence electrons. The zero-order valence-electron chi connectivity index (χ0n) is 14.3. The van der Waals surface area contributed by atoms with E-state index in [2.05, 4.69) is 12.1 Å². The fourth-order valence-electron chi connectivity index (χ4n) is 3.92. The number of piperidine rings is 1. The molecule has 5 nitrogen and oxygen atoms in total. The maximum atomic E-state index is 13.0. The van der Waals surface area contributed by atoms with Crippen molar-refractivity contribution in [2.45, 2.75) is 44.1 Å². The van der Waals surface area contributed by atoms with Crippen LogP contribution in [0.15, 0.2) is 30.3 Å². The summed E-state index contributed by atoms with van der Waals surface area (Å²) in [4.78, 5) is 28.0. The first kappa shape index (κ1) is 17.0. The molecule has 1 aliphatic heterocycles. The summed E-state index contributed by atoms with van der Waals surface area (Å²) in [6.45, 7) is 4.28. The van der Waals surface area contributed by atoms with Crippen LogP contribution in [0.4, 0.5) is 0 Å². The van der Waals surface area contributed by atoms with E-state index in [1.807, 2.05) is 34.9 Å². The zero-order chi connectivity index (χ0) is 17.2. The molecule has 1 amide bonds. The first-order chi connectivity index (χ1) is 11.6. The Kier molecular flexibility index (Phi) is 4.90. The summed E-state index contributed by atoms with van der Waals surface area (Å²) >= 11 is 0.